The van der Waals surface area contributed by atoms with Crippen LogP contribution in [0, 0.1) is 0 Å². The predicted molar refractivity (Wildman–Crippen MR) is 233 cm³/mol. The molecule has 6 nitrogen and oxygen atoms in total. The fourth-order valence-corrected chi connectivity index (χ4v) is 8.61. The molecule has 1 atom stereocenters. The zero-order valence-corrected chi connectivity index (χ0v) is 30.6. The summed E-state index contributed by atoms with van der Waals surface area (Å²) in [6.07, 6.45) is -0.390. The van der Waals surface area contributed by atoms with Crippen LogP contribution in [0.25, 0.3) is 82.5 Å². The smallest absolute Gasteiger partial charge is 0.159 e. The highest BCUT2D eigenvalue weighted by atomic mass is 16.3. The number of nitrogens with zero attached hydrogens (tertiary/aromatic N) is 3. The minimum atomic E-state index is -0.390. The van der Waals surface area contributed by atoms with Crippen LogP contribution < -0.4 is 5.32 Å². The third kappa shape index (κ3) is 5.04. The van der Waals surface area contributed by atoms with Crippen molar-refractivity contribution in [3.8, 4) is 16.8 Å². The predicted octanol–water partition coefficient (Wildman–Crippen LogP) is 12.7. The van der Waals surface area contributed by atoms with E-state index < -0.39 is 6.17 Å². The van der Waals surface area contributed by atoms with Crippen molar-refractivity contribution in [2.24, 2.45) is 9.98 Å². The number of para-hydroxylation sites is 2. The summed E-state index contributed by atoms with van der Waals surface area (Å²) in [4.78, 5) is 10.2. The first kappa shape index (κ1) is 31.6. The van der Waals surface area contributed by atoms with Crippen LogP contribution in [-0.2, 0) is 0 Å². The lowest BCUT2D eigenvalue weighted by atomic mass is 9.98. The highest BCUT2D eigenvalue weighted by Crippen LogP contribution is 2.40. The molecule has 1 aliphatic heterocycles. The molecule has 0 aliphatic carbocycles. The van der Waals surface area contributed by atoms with Gasteiger partial charge in [0.15, 0.2) is 5.84 Å². The first-order chi connectivity index (χ1) is 28.2. The first-order valence-corrected chi connectivity index (χ1v) is 19.2. The molecule has 268 valence electrons. The van der Waals surface area contributed by atoms with Gasteiger partial charge in [0.1, 0.15) is 34.3 Å². The quantitative estimate of drug-likeness (QED) is 0.192. The number of aliphatic imine (C=N–C) groups is 2. The van der Waals surface area contributed by atoms with Gasteiger partial charge in [-0.25, -0.2) is 9.98 Å². The number of fused-ring (bicyclic) bond motifs is 9. The molecule has 57 heavy (non-hydrogen) atoms. The van der Waals surface area contributed by atoms with Crippen LogP contribution in [0.15, 0.2) is 201 Å². The maximum atomic E-state index is 6.50. The highest BCUT2D eigenvalue weighted by molar-refractivity contribution is 6.15. The van der Waals surface area contributed by atoms with Crippen molar-refractivity contribution in [1.29, 1.82) is 0 Å². The number of aromatic nitrogens is 1. The largest absolute Gasteiger partial charge is 0.456 e. The summed E-state index contributed by atoms with van der Waals surface area (Å²) in [5.41, 5.74) is 12.0. The Balaban J connectivity index is 0.987. The maximum Gasteiger partial charge on any atom is 0.159 e. The summed E-state index contributed by atoms with van der Waals surface area (Å²) < 4.78 is 15.3. The van der Waals surface area contributed by atoms with E-state index in [1.807, 2.05) is 48.5 Å². The van der Waals surface area contributed by atoms with Gasteiger partial charge < -0.3 is 18.7 Å². The normalized spacial score (nSPS) is 14.5. The molecule has 1 N–H and O–H groups in total. The Morgan fingerprint density at radius 1 is 0.439 bits per heavy atom. The van der Waals surface area contributed by atoms with Gasteiger partial charge in [-0.1, -0.05) is 121 Å². The van der Waals surface area contributed by atoms with Crippen molar-refractivity contribution in [3.63, 3.8) is 0 Å². The summed E-state index contributed by atoms with van der Waals surface area (Å²) in [5, 5.41) is 10.4. The Morgan fingerprint density at radius 2 is 1.02 bits per heavy atom. The lowest BCUT2D eigenvalue weighted by molar-refractivity contribution is 0.662. The Hall–Kier alpha value is -7.70. The number of hydrogen-bond donors (Lipinski definition) is 1. The van der Waals surface area contributed by atoms with Gasteiger partial charge in [-0.15, -0.1) is 0 Å². The monoisotopic (exact) mass is 732 g/mol. The molecule has 1 aliphatic rings. The molecule has 0 amide bonds. The zero-order chi connectivity index (χ0) is 37.5. The summed E-state index contributed by atoms with van der Waals surface area (Å²) in [5.74, 6) is 1.47. The molecule has 0 saturated heterocycles. The average molecular weight is 733 g/mol. The van der Waals surface area contributed by atoms with Crippen molar-refractivity contribution in [2.45, 2.75) is 6.17 Å². The van der Waals surface area contributed by atoms with Gasteiger partial charge in [-0.2, -0.15) is 0 Å². The number of amidine groups is 2. The Kier molecular flexibility index (Phi) is 6.89. The van der Waals surface area contributed by atoms with E-state index in [9.17, 15) is 0 Å². The first-order valence-electron chi connectivity index (χ1n) is 19.2. The summed E-state index contributed by atoms with van der Waals surface area (Å²) in [7, 11) is 0. The van der Waals surface area contributed by atoms with Crippen LogP contribution in [0.1, 0.15) is 22.9 Å². The van der Waals surface area contributed by atoms with Crippen LogP contribution in [0.2, 0.25) is 0 Å². The third-order valence-electron chi connectivity index (χ3n) is 11.3. The van der Waals surface area contributed by atoms with E-state index in [4.69, 9.17) is 18.8 Å². The number of benzene rings is 8. The van der Waals surface area contributed by atoms with Gasteiger partial charge >= 0.3 is 0 Å². The fraction of sp³-hybridized carbons (Fsp3) is 0.0196. The number of rotatable bonds is 5. The summed E-state index contributed by atoms with van der Waals surface area (Å²) >= 11 is 0. The lowest BCUT2D eigenvalue weighted by Crippen LogP contribution is -2.33. The van der Waals surface area contributed by atoms with Crippen molar-refractivity contribution in [2.75, 3.05) is 0 Å². The van der Waals surface area contributed by atoms with E-state index >= 15 is 0 Å². The van der Waals surface area contributed by atoms with Gasteiger partial charge in [0.2, 0.25) is 0 Å². The SMILES string of the molecule is c1ccc(C2=NC(c3cccc4oc5ccc(-c6ccc7oc8ccc(-n9c%10ccccc%10c%10ccccc%109)cc8c7c6)cc5c34)NC(c3ccccc3)=N2)cc1. The second-order valence-corrected chi connectivity index (χ2v) is 14.6. The topological polar surface area (TPSA) is 68.0 Å². The van der Waals surface area contributed by atoms with Gasteiger partial charge in [0, 0.05) is 54.7 Å². The second kappa shape index (κ2) is 12.4. The molecule has 11 aromatic rings. The molecular weight excluding hydrogens is 701 g/mol. The molecular formula is C51H32N4O2. The molecule has 1 unspecified atom stereocenters. The molecule has 12 rings (SSSR count). The average Bonchev–Trinajstić information content (AvgIpc) is 3.95. The van der Waals surface area contributed by atoms with Crippen LogP contribution in [0.4, 0.5) is 0 Å². The number of furan rings is 2. The van der Waals surface area contributed by atoms with Crippen LogP contribution in [0.5, 0.6) is 0 Å². The van der Waals surface area contributed by atoms with Gasteiger partial charge in [-0.3, -0.25) is 0 Å². The van der Waals surface area contributed by atoms with Crippen molar-refractivity contribution in [1.82, 2.24) is 9.88 Å². The molecule has 0 fully saturated rings. The minimum absolute atomic E-state index is 0.390. The van der Waals surface area contributed by atoms with Gasteiger partial charge in [-0.05, 0) is 71.8 Å². The Bertz CT molecular complexity index is 3390. The molecule has 0 saturated carbocycles. The summed E-state index contributed by atoms with van der Waals surface area (Å²) in [6.45, 7) is 0. The number of nitrogens with one attached hydrogen (secondary N) is 1. The second-order valence-electron chi connectivity index (χ2n) is 14.6. The minimum Gasteiger partial charge on any atom is -0.456 e. The standard InChI is InChI=1S/C51H32N4O2/c1-3-12-31(13-4-1)49-52-50(32-14-5-2-6-15-32)54-51(53-49)38-18-11-21-47-48(38)41-29-34(23-26-46(41)57-47)33-22-25-44-39(28-33)40-30-35(24-27-45(40)56-44)55-42-19-9-7-16-36(42)37-17-8-10-20-43(37)55/h1-30,51H,(H,52,53,54). The van der Waals surface area contributed by atoms with Crippen molar-refractivity contribution in [3.05, 3.63) is 199 Å². The Morgan fingerprint density at radius 3 is 1.74 bits per heavy atom. The summed E-state index contributed by atoms with van der Waals surface area (Å²) in [6, 6.07) is 63.3. The Labute approximate surface area is 326 Å². The van der Waals surface area contributed by atoms with E-state index in [0.717, 1.165) is 83.2 Å². The number of hydrogen-bond acceptors (Lipinski definition) is 5. The molecule has 0 spiro atoms. The van der Waals surface area contributed by atoms with E-state index in [0.29, 0.717) is 5.84 Å². The molecule has 0 radical (unpaired) electrons. The van der Waals surface area contributed by atoms with Crippen LogP contribution in [-0.4, -0.2) is 16.2 Å². The van der Waals surface area contributed by atoms with Gasteiger partial charge in [0.25, 0.3) is 0 Å². The van der Waals surface area contributed by atoms with Gasteiger partial charge in [0.05, 0.1) is 11.0 Å². The molecule has 4 heterocycles. The molecule has 8 aromatic carbocycles. The zero-order valence-electron chi connectivity index (χ0n) is 30.6. The molecule has 0 bridgehead atoms. The van der Waals surface area contributed by atoms with E-state index in [-0.39, 0.29) is 0 Å². The van der Waals surface area contributed by atoms with E-state index in [2.05, 4.69) is 143 Å². The van der Waals surface area contributed by atoms with E-state index in [1.165, 1.54) is 21.8 Å². The van der Waals surface area contributed by atoms with E-state index in [1.54, 1.807) is 0 Å². The third-order valence-corrected chi connectivity index (χ3v) is 11.3. The molecule has 6 heteroatoms. The maximum absolute atomic E-state index is 6.50. The van der Waals surface area contributed by atoms with Crippen molar-refractivity contribution >= 4 is 77.4 Å². The van der Waals surface area contributed by atoms with Crippen molar-refractivity contribution < 1.29 is 8.83 Å². The molecule has 3 aromatic heterocycles. The van der Waals surface area contributed by atoms with Crippen LogP contribution in [0.3, 0.4) is 0 Å². The lowest BCUT2D eigenvalue weighted by Gasteiger charge is -2.24. The highest BCUT2D eigenvalue weighted by Gasteiger charge is 2.25. The van der Waals surface area contributed by atoms with Crippen LogP contribution >= 0.6 is 0 Å². The fourth-order valence-electron chi connectivity index (χ4n) is 8.61.